The molecule has 0 fully saturated rings. The summed E-state index contributed by atoms with van der Waals surface area (Å²) < 4.78 is 12.0. The van der Waals surface area contributed by atoms with Crippen molar-refractivity contribution < 1.29 is 9.18 Å². The Bertz CT molecular complexity index is 273. The topological polar surface area (TPSA) is 30.0 Å². The van der Waals surface area contributed by atoms with Gasteiger partial charge in [-0.3, -0.25) is 4.79 Å². The molecule has 58 valence electrons. The lowest BCUT2D eigenvalue weighted by atomic mass is 10.2. The lowest BCUT2D eigenvalue weighted by Crippen LogP contribution is -1.93. The fourth-order valence-electron chi connectivity index (χ4n) is 0.897. The Morgan fingerprint density at radius 3 is 2.91 bits per heavy atom. The van der Waals surface area contributed by atoms with Gasteiger partial charge in [0.05, 0.1) is 5.69 Å². The SMILES string of the molecule is Cc1cc(C=O)nc(CF)c1. The molecule has 0 aliphatic carbocycles. The summed E-state index contributed by atoms with van der Waals surface area (Å²) in [7, 11) is 0. The van der Waals surface area contributed by atoms with Crippen molar-refractivity contribution in [2.75, 3.05) is 0 Å². The number of carbonyl (C=O) groups is 1. The number of hydrogen-bond donors (Lipinski definition) is 0. The van der Waals surface area contributed by atoms with E-state index in [0.29, 0.717) is 12.0 Å². The average molecular weight is 153 g/mol. The van der Waals surface area contributed by atoms with Crippen LogP contribution in [0, 0.1) is 6.92 Å². The molecule has 0 unspecified atom stereocenters. The first-order valence-corrected chi connectivity index (χ1v) is 3.25. The minimum absolute atomic E-state index is 0.289. The van der Waals surface area contributed by atoms with Gasteiger partial charge in [-0.15, -0.1) is 0 Å². The van der Waals surface area contributed by atoms with Crippen LogP contribution in [-0.4, -0.2) is 11.3 Å². The zero-order valence-electron chi connectivity index (χ0n) is 6.17. The molecule has 2 nitrogen and oxygen atoms in total. The van der Waals surface area contributed by atoms with E-state index in [1.807, 2.05) is 0 Å². The second-order valence-corrected chi connectivity index (χ2v) is 2.31. The third kappa shape index (κ3) is 1.83. The van der Waals surface area contributed by atoms with Gasteiger partial charge < -0.3 is 0 Å². The quantitative estimate of drug-likeness (QED) is 0.605. The van der Waals surface area contributed by atoms with Crippen LogP contribution in [0.5, 0.6) is 0 Å². The number of rotatable bonds is 2. The molecule has 1 heterocycles. The van der Waals surface area contributed by atoms with Crippen LogP contribution in [0.15, 0.2) is 12.1 Å². The molecule has 1 rings (SSSR count). The van der Waals surface area contributed by atoms with Crippen molar-refractivity contribution in [2.45, 2.75) is 13.6 Å². The van der Waals surface area contributed by atoms with Gasteiger partial charge in [-0.1, -0.05) is 0 Å². The highest BCUT2D eigenvalue weighted by Crippen LogP contribution is 2.04. The van der Waals surface area contributed by atoms with Gasteiger partial charge in [0.1, 0.15) is 12.4 Å². The van der Waals surface area contributed by atoms with Crippen LogP contribution in [0.4, 0.5) is 4.39 Å². The van der Waals surface area contributed by atoms with Gasteiger partial charge in [-0.2, -0.15) is 0 Å². The summed E-state index contributed by atoms with van der Waals surface area (Å²) in [6, 6.07) is 3.24. The number of pyridine rings is 1. The summed E-state index contributed by atoms with van der Waals surface area (Å²) in [4.78, 5) is 14.0. The van der Waals surface area contributed by atoms with E-state index in [-0.39, 0.29) is 5.69 Å². The maximum Gasteiger partial charge on any atom is 0.168 e. The van der Waals surface area contributed by atoms with Gasteiger partial charge in [-0.05, 0) is 24.6 Å². The van der Waals surface area contributed by atoms with Crippen molar-refractivity contribution in [3.05, 3.63) is 29.1 Å². The third-order valence-corrected chi connectivity index (χ3v) is 1.30. The Morgan fingerprint density at radius 1 is 1.64 bits per heavy atom. The van der Waals surface area contributed by atoms with Crippen LogP contribution in [-0.2, 0) is 6.67 Å². The van der Waals surface area contributed by atoms with Gasteiger partial charge in [0.15, 0.2) is 6.29 Å². The molecular weight excluding hydrogens is 145 g/mol. The van der Waals surface area contributed by atoms with E-state index in [9.17, 15) is 9.18 Å². The van der Waals surface area contributed by atoms with E-state index >= 15 is 0 Å². The molecule has 0 atom stereocenters. The molecular formula is C8H8FNO. The minimum atomic E-state index is -0.622. The lowest BCUT2D eigenvalue weighted by molar-refractivity contribution is 0.111. The second-order valence-electron chi connectivity index (χ2n) is 2.31. The van der Waals surface area contributed by atoms with Crippen LogP contribution in [0.3, 0.4) is 0 Å². The molecule has 0 saturated carbocycles. The molecule has 0 spiro atoms. The van der Waals surface area contributed by atoms with Gasteiger partial charge in [-0.25, -0.2) is 9.37 Å². The van der Waals surface area contributed by atoms with Crippen molar-refractivity contribution in [2.24, 2.45) is 0 Å². The van der Waals surface area contributed by atoms with E-state index < -0.39 is 6.67 Å². The number of aryl methyl sites for hydroxylation is 1. The second kappa shape index (κ2) is 3.23. The van der Waals surface area contributed by atoms with Gasteiger partial charge in [0, 0.05) is 0 Å². The predicted molar refractivity (Wildman–Crippen MR) is 39.2 cm³/mol. The highest BCUT2D eigenvalue weighted by Gasteiger charge is 1.97. The number of carbonyl (C=O) groups excluding carboxylic acids is 1. The highest BCUT2D eigenvalue weighted by atomic mass is 19.1. The van der Waals surface area contributed by atoms with E-state index in [1.54, 1.807) is 19.1 Å². The molecule has 1 aromatic heterocycles. The van der Waals surface area contributed by atoms with Gasteiger partial charge in [0.2, 0.25) is 0 Å². The molecule has 0 aromatic carbocycles. The maximum absolute atomic E-state index is 12.0. The molecule has 3 heteroatoms. The largest absolute Gasteiger partial charge is 0.296 e. The van der Waals surface area contributed by atoms with Gasteiger partial charge >= 0.3 is 0 Å². The first-order valence-electron chi connectivity index (χ1n) is 3.25. The molecule has 1 aromatic rings. The summed E-state index contributed by atoms with van der Waals surface area (Å²) in [5.41, 5.74) is 1.46. The van der Waals surface area contributed by atoms with Crippen LogP contribution in [0.1, 0.15) is 21.7 Å². The average Bonchev–Trinajstić information content (AvgIpc) is 2.03. The smallest absolute Gasteiger partial charge is 0.168 e. The number of aldehydes is 1. The molecule has 0 aliphatic heterocycles. The first kappa shape index (κ1) is 7.85. The van der Waals surface area contributed by atoms with Crippen molar-refractivity contribution in [1.82, 2.24) is 4.98 Å². The molecule has 0 N–H and O–H groups in total. The van der Waals surface area contributed by atoms with E-state index in [2.05, 4.69) is 4.98 Å². The van der Waals surface area contributed by atoms with E-state index in [4.69, 9.17) is 0 Å². The lowest BCUT2D eigenvalue weighted by Gasteiger charge is -1.97. The normalized spacial score (nSPS) is 9.64. The Kier molecular flexibility index (Phi) is 2.31. The predicted octanol–water partition coefficient (Wildman–Crippen LogP) is 1.67. The molecule has 0 aliphatic rings. The van der Waals surface area contributed by atoms with E-state index in [1.165, 1.54) is 0 Å². The Labute approximate surface area is 64.1 Å². The minimum Gasteiger partial charge on any atom is -0.296 e. The maximum atomic E-state index is 12.0. The van der Waals surface area contributed by atoms with E-state index in [0.717, 1.165) is 5.56 Å². The van der Waals surface area contributed by atoms with Crippen LogP contribution >= 0.6 is 0 Å². The zero-order chi connectivity index (χ0) is 8.27. The number of aromatic nitrogens is 1. The number of alkyl halides is 1. The molecule has 0 saturated heterocycles. The Hall–Kier alpha value is -1.25. The summed E-state index contributed by atoms with van der Waals surface area (Å²) >= 11 is 0. The van der Waals surface area contributed by atoms with Crippen molar-refractivity contribution in [3.63, 3.8) is 0 Å². The summed E-state index contributed by atoms with van der Waals surface area (Å²) in [5, 5.41) is 0. The molecule has 0 radical (unpaired) electrons. The number of hydrogen-bond acceptors (Lipinski definition) is 2. The monoisotopic (exact) mass is 153 g/mol. The van der Waals surface area contributed by atoms with Crippen molar-refractivity contribution >= 4 is 6.29 Å². The summed E-state index contributed by atoms with van der Waals surface area (Å²) in [5.74, 6) is 0. The van der Waals surface area contributed by atoms with Gasteiger partial charge in [0.25, 0.3) is 0 Å². The molecule has 0 amide bonds. The Balaban J connectivity index is 3.11. The van der Waals surface area contributed by atoms with Crippen LogP contribution in [0.2, 0.25) is 0 Å². The third-order valence-electron chi connectivity index (χ3n) is 1.30. The first-order chi connectivity index (χ1) is 5.26. The standard InChI is InChI=1S/C8H8FNO/c1-6-2-7(4-9)10-8(3-6)5-11/h2-3,5H,4H2,1H3. The van der Waals surface area contributed by atoms with Crippen LogP contribution in [0.25, 0.3) is 0 Å². The fraction of sp³-hybridized carbons (Fsp3) is 0.250. The summed E-state index contributed by atoms with van der Waals surface area (Å²) in [6.45, 7) is 1.18. The highest BCUT2D eigenvalue weighted by molar-refractivity contribution is 5.72. The fourth-order valence-corrected chi connectivity index (χ4v) is 0.897. The Morgan fingerprint density at radius 2 is 2.36 bits per heavy atom. The molecule has 0 bridgehead atoms. The molecule has 11 heavy (non-hydrogen) atoms. The van der Waals surface area contributed by atoms with Crippen molar-refractivity contribution in [3.8, 4) is 0 Å². The zero-order valence-corrected chi connectivity index (χ0v) is 6.17. The van der Waals surface area contributed by atoms with Crippen LogP contribution < -0.4 is 0 Å². The number of halogens is 1. The summed E-state index contributed by atoms with van der Waals surface area (Å²) in [6.07, 6.45) is 0.617. The van der Waals surface area contributed by atoms with Crippen molar-refractivity contribution in [1.29, 1.82) is 0 Å². The number of nitrogens with zero attached hydrogens (tertiary/aromatic N) is 1.